The van der Waals surface area contributed by atoms with Crippen LogP contribution in [0.25, 0.3) is 0 Å². The Kier molecular flexibility index (Phi) is 3.38. The van der Waals surface area contributed by atoms with E-state index in [1.54, 1.807) is 6.20 Å². The van der Waals surface area contributed by atoms with Crippen molar-refractivity contribution in [3.8, 4) is 0 Å². The van der Waals surface area contributed by atoms with Crippen LogP contribution in [0.1, 0.15) is 11.1 Å². The third kappa shape index (κ3) is 2.56. The van der Waals surface area contributed by atoms with Crippen molar-refractivity contribution in [2.24, 2.45) is 0 Å². The van der Waals surface area contributed by atoms with E-state index in [1.807, 2.05) is 7.05 Å². The van der Waals surface area contributed by atoms with E-state index in [9.17, 15) is 0 Å². The summed E-state index contributed by atoms with van der Waals surface area (Å²) in [6.45, 7) is 0. The standard InChI is InChI=1S/C14H15BrN4/c1-16-14-17-8-12(15)13(19-14)18-11-6-9-4-2-3-5-10(9)7-11/h2-5,8,11H,6-7H2,1H3,(H2,16,17,18,19). The van der Waals surface area contributed by atoms with Crippen LogP contribution in [0.4, 0.5) is 11.8 Å². The number of nitrogens with zero attached hydrogens (tertiary/aromatic N) is 2. The second-order valence-corrected chi connectivity index (χ2v) is 5.51. The number of anilines is 2. The van der Waals surface area contributed by atoms with Crippen LogP contribution < -0.4 is 10.6 Å². The third-order valence-corrected chi connectivity index (χ3v) is 3.94. The zero-order chi connectivity index (χ0) is 13.2. The van der Waals surface area contributed by atoms with E-state index in [0.717, 1.165) is 23.1 Å². The van der Waals surface area contributed by atoms with E-state index in [4.69, 9.17) is 0 Å². The number of aromatic nitrogens is 2. The molecule has 2 aromatic rings. The predicted molar refractivity (Wildman–Crippen MR) is 80.5 cm³/mol. The summed E-state index contributed by atoms with van der Waals surface area (Å²) in [5, 5.41) is 6.45. The van der Waals surface area contributed by atoms with Gasteiger partial charge in [-0.1, -0.05) is 24.3 Å². The largest absolute Gasteiger partial charge is 0.366 e. The Morgan fingerprint density at radius 2 is 1.89 bits per heavy atom. The second-order valence-electron chi connectivity index (χ2n) is 4.66. The molecule has 0 aliphatic heterocycles. The molecule has 0 amide bonds. The highest BCUT2D eigenvalue weighted by Gasteiger charge is 2.21. The summed E-state index contributed by atoms with van der Waals surface area (Å²) in [4.78, 5) is 8.60. The molecule has 0 unspecified atom stereocenters. The van der Waals surface area contributed by atoms with Crippen LogP contribution in [-0.2, 0) is 12.8 Å². The first-order valence-corrected chi connectivity index (χ1v) is 7.09. The number of hydrogen-bond acceptors (Lipinski definition) is 4. The van der Waals surface area contributed by atoms with Gasteiger partial charge in [-0.2, -0.15) is 4.98 Å². The van der Waals surface area contributed by atoms with Crippen molar-refractivity contribution < 1.29 is 0 Å². The molecule has 0 spiro atoms. The SMILES string of the molecule is CNc1ncc(Br)c(NC2Cc3ccccc3C2)n1. The molecular formula is C14H15BrN4. The topological polar surface area (TPSA) is 49.8 Å². The third-order valence-electron chi connectivity index (χ3n) is 3.36. The molecule has 0 fully saturated rings. The maximum Gasteiger partial charge on any atom is 0.224 e. The van der Waals surface area contributed by atoms with Crippen LogP contribution in [0.3, 0.4) is 0 Å². The number of halogens is 1. The highest BCUT2D eigenvalue weighted by atomic mass is 79.9. The highest BCUT2D eigenvalue weighted by molar-refractivity contribution is 9.10. The predicted octanol–water partition coefficient (Wildman–Crippen LogP) is 2.86. The Hall–Kier alpha value is -1.62. The van der Waals surface area contributed by atoms with Gasteiger partial charge in [0, 0.05) is 19.3 Å². The van der Waals surface area contributed by atoms with E-state index in [-0.39, 0.29) is 0 Å². The normalized spacial score (nSPS) is 14.2. The average Bonchev–Trinajstić information content (AvgIpc) is 2.83. The Balaban J connectivity index is 1.77. The van der Waals surface area contributed by atoms with E-state index >= 15 is 0 Å². The minimum atomic E-state index is 0.397. The number of hydrogen-bond donors (Lipinski definition) is 2. The molecule has 1 aliphatic rings. The van der Waals surface area contributed by atoms with Gasteiger partial charge in [-0.3, -0.25) is 0 Å². The lowest BCUT2D eigenvalue weighted by molar-refractivity contribution is 0.767. The molecule has 0 atom stereocenters. The summed E-state index contributed by atoms with van der Waals surface area (Å²) in [6.07, 6.45) is 3.85. The van der Waals surface area contributed by atoms with Crippen molar-refractivity contribution in [3.63, 3.8) is 0 Å². The molecule has 4 nitrogen and oxygen atoms in total. The fraction of sp³-hybridized carbons (Fsp3) is 0.286. The fourth-order valence-electron chi connectivity index (χ4n) is 2.44. The van der Waals surface area contributed by atoms with E-state index in [0.29, 0.717) is 12.0 Å². The Labute approximate surface area is 120 Å². The lowest BCUT2D eigenvalue weighted by Gasteiger charge is -2.14. The number of rotatable bonds is 3. The van der Waals surface area contributed by atoms with Crippen molar-refractivity contribution in [3.05, 3.63) is 46.1 Å². The maximum absolute atomic E-state index is 4.44. The minimum Gasteiger partial charge on any atom is -0.366 e. The van der Waals surface area contributed by atoms with Crippen molar-refractivity contribution in [1.82, 2.24) is 9.97 Å². The summed E-state index contributed by atoms with van der Waals surface area (Å²) in [7, 11) is 1.82. The summed E-state index contributed by atoms with van der Waals surface area (Å²) < 4.78 is 0.891. The van der Waals surface area contributed by atoms with Gasteiger partial charge < -0.3 is 10.6 Å². The molecule has 1 aromatic heterocycles. The molecule has 1 heterocycles. The molecule has 5 heteroatoms. The molecule has 19 heavy (non-hydrogen) atoms. The van der Waals surface area contributed by atoms with Crippen LogP contribution in [0, 0.1) is 0 Å². The van der Waals surface area contributed by atoms with Gasteiger partial charge in [-0.25, -0.2) is 4.98 Å². The molecule has 98 valence electrons. The molecule has 0 bridgehead atoms. The summed E-state index contributed by atoms with van der Waals surface area (Å²) >= 11 is 3.49. The zero-order valence-corrected chi connectivity index (χ0v) is 12.2. The van der Waals surface area contributed by atoms with Crippen LogP contribution in [-0.4, -0.2) is 23.1 Å². The van der Waals surface area contributed by atoms with Gasteiger partial charge in [-0.15, -0.1) is 0 Å². The minimum absolute atomic E-state index is 0.397. The van der Waals surface area contributed by atoms with Gasteiger partial charge in [-0.05, 0) is 39.9 Å². The van der Waals surface area contributed by atoms with Gasteiger partial charge in [0.2, 0.25) is 5.95 Å². The zero-order valence-electron chi connectivity index (χ0n) is 10.7. The van der Waals surface area contributed by atoms with Gasteiger partial charge in [0.1, 0.15) is 5.82 Å². The van der Waals surface area contributed by atoms with Crippen molar-refractivity contribution in [2.75, 3.05) is 17.7 Å². The Morgan fingerprint density at radius 1 is 1.21 bits per heavy atom. The number of fused-ring (bicyclic) bond motifs is 1. The molecule has 2 N–H and O–H groups in total. The van der Waals surface area contributed by atoms with Gasteiger partial charge in [0.25, 0.3) is 0 Å². The van der Waals surface area contributed by atoms with Crippen LogP contribution in [0.15, 0.2) is 34.9 Å². The maximum atomic E-state index is 4.44. The first-order valence-electron chi connectivity index (χ1n) is 6.30. The molecule has 3 rings (SSSR count). The fourth-order valence-corrected chi connectivity index (χ4v) is 2.75. The average molecular weight is 319 g/mol. The Bertz CT molecular complexity index is 575. The summed E-state index contributed by atoms with van der Waals surface area (Å²) in [5.74, 6) is 1.47. The number of nitrogens with one attached hydrogen (secondary N) is 2. The molecule has 0 saturated heterocycles. The van der Waals surface area contributed by atoms with Gasteiger partial charge in [0.15, 0.2) is 0 Å². The molecule has 1 aromatic carbocycles. The first kappa shape index (κ1) is 12.4. The lowest BCUT2D eigenvalue weighted by atomic mass is 10.1. The second kappa shape index (κ2) is 5.17. The van der Waals surface area contributed by atoms with E-state index in [2.05, 4.69) is 60.8 Å². The molecule has 0 saturated carbocycles. The van der Waals surface area contributed by atoms with Crippen LogP contribution in [0.5, 0.6) is 0 Å². The van der Waals surface area contributed by atoms with Crippen LogP contribution >= 0.6 is 15.9 Å². The van der Waals surface area contributed by atoms with Gasteiger partial charge in [0.05, 0.1) is 4.47 Å². The van der Waals surface area contributed by atoms with E-state index in [1.165, 1.54) is 11.1 Å². The molecule has 0 radical (unpaired) electrons. The monoisotopic (exact) mass is 318 g/mol. The molecular weight excluding hydrogens is 304 g/mol. The van der Waals surface area contributed by atoms with Gasteiger partial charge >= 0.3 is 0 Å². The smallest absolute Gasteiger partial charge is 0.224 e. The first-order chi connectivity index (χ1) is 9.26. The van der Waals surface area contributed by atoms with E-state index < -0.39 is 0 Å². The van der Waals surface area contributed by atoms with Crippen molar-refractivity contribution in [1.29, 1.82) is 0 Å². The van der Waals surface area contributed by atoms with Crippen molar-refractivity contribution in [2.45, 2.75) is 18.9 Å². The Morgan fingerprint density at radius 3 is 2.53 bits per heavy atom. The van der Waals surface area contributed by atoms with Crippen LogP contribution in [0.2, 0.25) is 0 Å². The van der Waals surface area contributed by atoms with Crippen molar-refractivity contribution >= 4 is 27.7 Å². The summed E-state index contributed by atoms with van der Waals surface area (Å²) in [5.41, 5.74) is 2.86. The summed E-state index contributed by atoms with van der Waals surface area (Å²) in [6, 6.07) is 8.99. The molecule has 1 aliphatic carbocycles. The quantitative estimate of drug-likeness (QED) is 0.913. The lowest BCUT2D eigenvalue weighted by Crippen LogP contribution is -2.21. The number of benzene rings is 1. The highest BCUT2D eigenvalue weighted by Crippen LogP contribution is 2.27.